The Morgan fingerprint density at radius 2 is 1.75 bits per heavy atom. The molecule has 0 aromatic heterocycles. The van der Waals surface area contributed by atoms with E-state index in [1.165, 1.54) is 45.1 Å². The number of hydrogen-bond donors (Lipinski definition) is 1. The largest absolute Gasteiger partial charge is 0.314 e. The predicted octanol–water partition coefficient (Wildman–Crippen LogP) is 4.23. The van der Waals surface area contributed by atoms with Gasteiger partial charge in [-0.1, -0.05) is 33.6 Å². The summed E-state index contributed by atoms with van der Waals surface area (Å²) in [7, 11) is 0. The Hall–Kier alpha value is -0.0400. The van der Waals surface area contributed by atoms with E-state index in [1.54, 1.807) is 0 Å². The molecule has 1 heteroatoms. The van der Waals surface area contributed by atoms with E-state index in [1.807, 2.05) is 0 Å². The molecule has 1 saturated carbocycles. The van der Waals surface area contributed by atoms with Crippen LogP contribution in [0.2, 0.25) is 0 Å². The van der Waals surface area contributed by atoms with E-state index in [0.29, 0.717) is 6.04 Å². The maximum atomic E-state index is 3.61. The highest BCUT2D eigenvalue weighted by Crippen LogP contribution is 2.34. The molecule has 1 aliphatic rings. The van der Waals surface area contributed by atoms with Crippen LogP contribution in [0.25, 0.3) is 0 Å². The third-order valence-corrected chi connectivity index (χ3v) is 4.33. The van der Waals surface area contributed by atoms with E-state index in [2.05, 4.69) is 33.0 Å². The maximum Gasteiger partial charge on any atom is 0.00413 e. The standard InChI is InChI=1S/C15H31N/c1-5-10-16-14(4)11-13(3)15-8-6-12(2)7-9-15/h12-16H,5-11H2,1-4H3. The minimum absolute atomic E-state index is 0.703. The SMILES string of the molecule is CCCNC(C)CC(C)C1CCC(C)CC1. The third kappa shape index (κ3) is 4.86. The van der Waals surface area contributed by atoms with Gasteiger partial charge in [-0.3, -0.25) is 0 Å². The van der Waals surface area contributed by atoms with Crippen LogP contribution in [0, 0.1) is 17.8 Å². The predicted molar refractivity (Wildman–Crippen MR) is 72.7 cm³/mol. The van der Waals surface area contributed by atoms with Gasteiger partial charge < -0.3 is 5.32 Å². The van der Waals surface area contributed by atoms with E-state index in [0.717, 1.165) is 17.8 Å². The highest BCUT2D eigenvalue weighted by atomic mass is 14.9. The summed E-state index contributed by atoms with van der Waals surface area (Å²) in [4.78, 5) is 0. The van der Waals surface area contributed by atoms with Crippen molar-refractivity contribution in [1.82, 2.24) is 5.32 Å². The van der Waals surface area contributed by atoms with Crippen LogP contribution in [-0.4, -0.2) is 12.6 Å². The van der Waals surface area contributed by atoms with E-state index < -0.39 is 0 Å². The zero-order valence-electron chi connectivity index (χ0n) is 11.8. The van der Waals surface area contributed by atoms with Crippen molar-refractivity contribution in [1.29, 1.82) is 0 Å². The first-order valence-electron chi connectivity index (χ1n) is 7.36. The molecule has 2 atom stereocenters. The average Bonchev–Trinajstić information content (AvgIpc) is 2.27. The van der Waals surface area contributed by atoms with Gasteiger partial charge >= 0.3 is 0 Å². The minimum Gasteiger partial charge on any atom is -0.314 e. The van der Waals surface area contributed by atoms with E-state index >= 15 is 0 Å². The molecule has 1 nitrogen and oxygen atoms in total. The van der Waals surface area contributed by atoms with Gasteiger partial charge in [-0.2, -0.15) is 0 Å². The minimum atomic E-state index is 0.703. The summed E-state index contributed by atoms with van der Waals surface area (Å²) < 4.78 is 0. The van der Waals surface area contributed by atoms with Crippen LogP contribution in [0.1, 0.15) is 66.2 Å². The maximum absolute atomic E-state index is 3.61. The molecule has 0 amide bonds. The summed E-state index contributed by atoms with van der Waals surface area (Å²) in [6, 6.07) is 0.703. The van der Waals surface area contributed by atoms with Crippen molar-refractivity contribution in [3.05, 3.63) is 0 Å². The molecule has 0 aromatic carbocycles. The summed E-state index contributed by atoms with van der Waals surface area (Å²) in [5.74, 6) is 2.90. The number of rotatable bonds is 6. The lowest BCUT2D eigenvalue weighted by atomic mass is 9.75. The Morgan fingerprint density at radius 3 is 2.31 bits per heavy atom. The second-order valence-corrected chi connectivity index (χ2v) is 6.09. The number of nitrogens with one attached hydrogen (secondary N) is 1. The van der Waals surface area contributed by atoms with Gasteiger partial charge in [-0.25, -0.2) is 0 Å². The lowest BCUT2D eigenvalue weighted by Crippen LogP contribution is -2.31. The van der Waals surface area contributed by atoms with Crippen molar-refractivity contribution in [3.8, 4) is 0 Å². The molecule has 0 aliphatic heterocycles. The lowest BCUT2D eigenvalue weighted by Gasteiger charge is -2.32. The van der Waals surface area contributed by atoms with Crippen LogP contribution in [0.5, 0.6) is 0 Å². The van der Waals surface area contributed by atoms with Crippen LogP contribution in [0.15, 0.2) is 0 Å². The van der Waals surface area contributed by atoms with Crippen molar-refractivity contribution >= 4 is 0 Å². The molecule has 2 unspecified atom stereocenters. The fourth-order valence-electron chi connectivity index (χ4n) is 3.08. The monoisotopic (exact) mass is 225 g/mol. The second kappa shape index (κ2) is 7.32. The Kier molecular flexibility index (Phi) is 6.41. The molecule has 1 fully saturated rings. The van der Waals surface area contributed by atoms with Gasteiger partial charge in [0.25, 0.3) is 0 Å². The van der Waals surface area contributed by atoms with Gasteiger partial charge in [0.05, 0.1) is 0 Å². The molecule has 96 valence electrons. The van der Waals surface area contributed by atoms with E-state index in [4.69, 9.17) is 0 Å². The fourth-order valence-corrected chi connectivity index (χ4v) is 3.08. The summed E-state index contributed by atoms with van der Waals surface area (Å²) in [5.41, 5.74) is 0. The quantitative estimate of drug-likeness (QED) is 0.713. The average molecular weight is 225 g/mol. The van der Waals surface area contributed by atoms with Crippen LogP contribution in [-0.2, 0) is 0 Å². The molecule has 0 radical (unpaired) electrons. The van der Waals surface area contributed by atoms with Crippen molar-refractivity contribution in [2.75, 3.05) is 6.54 Å². The van der Waals surface area contributed by atoms with Crippen LogP contribution in [0.4, 0.5) is 0 Å². The normalized spacial score (nSPS) is 30.0. The highest BCUT2D eigenvalue weighted by Gasteiger charge is 2.23. The molecule has 0 heterocycles. The van der Waals surface area contributed by atoms with Gasteiger partial charge in [0.2, 0.25) is 0 Å². The Morgan fingerprint density at radius 1 is 1.12 bits per heavy atom. The topological polar surface area (TPSA) is 12.0 Å². The van der Waals surface area contributed by atoms with Crippen molar-refractivity contribution in [3.63, 3.8) is 0 Å². The Labute approximate surface area is 102 Å². The smallest absolute Gasteiger partial charge is 0.00413 e. The molecular weight excluding hydrogens is 194 g/mol. The van der Waals surface area contributed by atoms with Crippen molar-refractivity contribution < 1.29 is 0 Å². The zero-order chi connectivity index (χ0) is 12.0. The summed E-state index contributed by atoms with van der Waals surface area (Å²) >= 11 is 0. The van der Waals surface area contributed by atoms with Crippen molar-refractivity contribution in [2.24, 2.45) is 17.8 Å². The molecule has 0 saturated heterocycles. The van der Waals surface area contributed by atoms with Crippen LogP contribution in [0.3, 0.4) is 0 Å². The molecule has 0 spiro atoms. The molecular formula is C15H31N. The lowest BCUT2D eigenvalue weighted by molar-refractivity contribution is 0.204. The first-order valence-corrected chi connectivity index (χ1v) is 7.36. The molecule has 1 aliphatic carbocycles. The Bertz CT molecular complexity index is 170. The third-order valence-electron chi connectivity index (χ3n) is 4.33. The van der Waals surface area contributed by atoms with Crippen LogP contribution < -0.4 is 5.32 Å². The van der Waals surface area contributed by atoms with Crippen molar-refractivity contribution in [2.45, 2.75) is 72.3 Å². The molecule has 16 heavy (non-hydrogen) atoms. The Balaban J connectivity index is 2.20. The van der Waals surface area contributed by atoms with Gasteiger partial charge in [0, 0.05) is 6.04 Å². The zero-order valence-corrected chi connectivity index (χ0v) is 11.8. The second-order valence-electron chi connectivity index (χ2n) is 6.09. The fraction of sp³-hybridized carbons (Fsp3) is 1.00. The summed E-state index contributed by atoms with van der Waals surface area (Å²) in [6.45, 7) is 10.6. The van der Waals surface area contributed by atoms with Crippen LogP contribution >= 0.6 is 0 Å². The first-order chi connectivity index (χ1) is 7.63. The van der Waals surface area contributed by atoms with Gasteiger partial charge in [0.15, 0.2) is 0 Å². The van der Waals surface area contributed by atoms with Gasteiger partial charge in [-0.05, 0) is 56.9 Å². The van der Waals surface area contributed by atoms with Gasteiger partial charge in [0.1, 0.15) is 0 Å². The summed E-state index contributed by atoms with van der Waals surface area (Å²) in [6.07, 6.45) is 8.49. The first kappa shape index (κ1) is 14.0. The van der Waals surface area contributed by atoms with E-state index in [9.17, 15) is 0 Å². The molecule has 0 bridgehead atoms. The van der Waals surface area contributed by atoms with Gasteiger partial charge in [-0.15, -0.1) is 0 Å². The highest BCUT2D eigenvalue weighted by molar-refractivity contribution is 4.76. The van der Waals surface area contributed by atoms with E-state index in [-0.39, 0.29) is 0 Å². The molecule has 0 aromatic rings. The molecule has 1 rings (SSSR count). The summed E-state index contributed by atoms with van der Waals surface area (Å²) in [5, 5.41) is 3.61. The molecule has 1 N–H and O–H groups in total. The number of hydrogen-bond acceptors (Lipinski definition) is 1.